The highest BCUT2D eigenvalue weighted by Gasteiger charge is 2.32. The fourth-order valence-corrected chi connectivity index (χ4v) is 5.61. The summed E-state index contributed by atoms with van der Waals surface area (Å²) in [4.78, 5) is 22.6. The van der Waals surface area contributed by atoms with E-state index in [4.69, 9.17) is 9.47 Å². The first kappa shape index (κ1) is 26.0. The molecule has 0 spiro atoms. The summed E-state index contributed by atoms with van der Waals surface area (Å²) in [7, 11) is 1.67. The van der Waals surface area contributed by atoms with Gasteiger partial charge < -0.3 is 23.8 Å². The number of aryl methyl sites for hydroxylation is 1. The van der Waals surface area contributed by atoms with Crippen LogP contribution in [0.15, 0.2) is 60.6 Å². The summed E-state index contributed by atoms with van der Waals surface area (Å²) in [6.45, 7) is 10.5. The van der Waals surface area contributed by atoms with E-state index in [2.05, 4.69) is 52.9 Å². The molecule has 1 aromatic heterocycles. The van der Waals surface area contributed by atoms with Crippen molar-refractivity contribution in [1.82, 2.24) is 14.5 Å². The Morgan fingerprint density at radius 2 is 1.82 bits per heavy atom. The van der Waals surface area contributed by atoms with Crippen molar-refractivity contribution in [2.24, 2.45) is 5.92 Å². The monoisotopic (exact) mass is 514 g/mol. The zero-order chi connectivity index (χ0) is 26.6. The molecule has 2 aliphatic heterocycles. The maximum atomic E-state index is 13.8. The number of ether oxygens (including phenoxy) is 2. The van der Waals surface area contributed by atoms with Crippen molar-refractivity contribution in [1.29, 1.82) is 0 Å². The SMILES string of the molecule is COc1cc(/C=C2\CCCN([C@@H](c3ccc(N4CCOCC4)cc3)C(C)C)C2=O)ccc1-n1cnc(C)c1. The van der Waals surface area contributed by atoms with Crippen LogP contribution >= 0.6 is 0 Å². The Kier molecular flexibility index (Phi) is 7.84. The van der Waals surface area contributed by atoms with Gasteiger partial charge in [0.15, 0.2) is 0 Å². The van der Waals surface area contributed by atoms with Crippen LogP contribution in [0, 0.1) is 12.8 Å². The maximum Gasteiger partial charge on any atom is 0.250 e. The molecule has 2 aliphatic rings. The average molecular weight is 515 g/mol. The van der Waals surface area contributed by atoms with E-state index >= 15 is 0 Å². The number of morpholine rings is 1. The molecule has 7 nitrogen and oxygen atoms in total. The second kappa shape index (κ2) is 11.4. The molecule has 3 heterocycles. The predicted molar refractivity (Wildman–Crippen MR) is 151 cm³/mol. The Labute approximate surface area is 225 Å². The molecule has 0 saturated carbocycles. The Morgan fingerprint density at radius 1 is 1.05 bits per heavy atom. The van der Waals surface area contributed by atoms with Crippen molar-refractivity contribution in [2.75, 3.05) is 44.9 Å². The minimum absolute atomic E-state index is 0.0336. The lowest BCUT2D eigenvalue weighted by molar-refractivity contribution is -0.132. The van der Waals surface area contributed by atoms with Crippen LogP contribution in [-0.2, 0) is 9.53 Å². The van der Waals surface area contributed by atoms with Gasteiger partial charge in [-0.25, -0.2) is 4.98 Å². The fraction of sp³-hybridized carbons (Fsp3) is 0.419. The Bertz CT molecular complexity index is 1290. The first-order chi connectivity index (χ1) is 18.4. The quantitative estimate of drug-likeness (QED) is 0.394. The van der Waals surface area contributed by atoms with E-state index < -0.39 is 0 Å². The van der Waals surface area contributed by atoms with Crippen LogP contribution in [0.25, 0.3) is 11.8 Å². The molecule has 0 unspecified atom stereocenters. The third-order valence-corrected chi connectivity index (χ3v) is 7.49. The largest absolute Gasteiger partial charge is 0.495 e. The van der Waals surface area contributed by atoms with Gasteiger partial charge in [-0.3, -0.25) is 4.79 Å². The van der Waals surface area contributed by atoms with Gasteiger partial charge >= 0.3 is 0 Å². The van der Waals surface area contributed by atoms with Crippen molar-refractivity contribution in [2.45, 2.75) is 39.7 Å². The summed E-state index contributed by atoms with van der Waals surface area (Å²) in [5.74, 6) is 1.17. The molecule has 7 heteroatoms. The van der Waals surface area contributed by atoms with E-state index in [1.807, 2.05) is 42.0 Å². The molecule has 38 heavy (non-hydrogen) atoms. The number of hydrogen-bond acceptors (Lipinski definition) is 5. The molecule has 0 radical (unpaired) electrons. The molecule has 0 aliphatic carbocycles. The topological polar surface area (TPSA) is 59.8 Å². The van der Waals surface area contributed by atoms with Crippen LogP contribution in [-0.4, -0.2) is 60.3 Å². The number of aromatic nitrogens is 2. The number of imidazole rings is 1. The van der Waals surface area contributed by atoms with Crippen LogP contribution in [0.1, 0.15) is 49.6 Å². The highest BCUT2D eigenvalue weighted by Crippen LogP contribution is 2.35. The number of carbonyl (C=O) groups excluding carboxylic acids is 1. The molecule has 2 fully saturated rings. The van der Waals surface area contributed by atoms with E-state index in [0.717, 1.165) is 74.0 Å². The molecule has 2 aromatic carbocycles. The van der Waals surface area contributed by atoms with E-state index in [9.17, 15) is 4.79 Å². The third-order valence-electron chi connectivity index (χ3n) is 7.49. The highest BCUT2D eigenvalue weighted by atomic mass is 16.5. The smallest absolute Gasteiger partial charge is 0.250 e. The molecular formula is C31H38N4O3. The number of anilines is 1. The van der Waals surface area contributed by atoms with Gasteiger partial charge in [0.1, 0.15) is 5.75 Å². The second-order valence-electron chi connectivity index (χ2n) is 10.5. The standard InChI is InChI=1S/C31H38N4O3/c1-22(2)30(25-8-10-27(11-9-25)33-14-16-38-17-15-33)35-13-5-6-26(31(35)36)18-24-7-12-28(29(19-24)37-4)34-20-23(3)32-21-34/h7-12,18-22,30H,5-6,13-17H2,1-4H3/b26-18+/t30-/m1/s1. The van der Waals surface area contributed by atoms with E-state index in [0.29, 0.717) is 5.92 Å². The molecule has 0 bridgehead atoms. The van der Waals surface area contributed by atoms with Crippen molar-refractivity contribution in [3.05, 3.63) is 77.4 Å². The molecule has 1 amide bonds. The van der Waals surface area contributed by atoms with Gasteiger partial charge in [-0.05, 0) is 67.2 Å². The fourth-order valence-electron chi connectivity index (χ4n) is 5.61. The number of amides is 1. The maximum absolute atomic E-state index is 13.8. The van der Waals surface area contributed by atoms with E-state index in [-0.39, 0.29) is 11.9 Å². The number of benzene rings is 2. The molecule has 5 rings (SSSR count). The third kappa shape index (κ3) is 5.48. The van der Waals surface area contributed by atoms with E-state index in [1.165, 1.54) is 11.3 Å². The predicted octanol–water partition coefficient (Wildman–Crippen LogP) is 5.43. The van der Waals surface area contributed by atoms with Crippen LogP contribution in [0.2, 0.25) is 0 Å². The zero-order valence-electron chi connectivity index (χ0n) is 22.9. The Hall–Kier alpha value is -3.58. The van der Waals surface area contributed by atoms with Crippen molar-refractivity contribution in [3.63, 3.8) is 0 Å². The summed E-state index contributed by atoms with van der Waals surface area (Å²) in [6, 6.07) is 14.9. The number of methoxy groups -OCH3 is 1. The lowest BCUT2D eigenvalue weighted by Gasteiger charge is -2.38. The number of nitrogens with zero attached hydrogens (tertiary/aromatic N) is 4. The summed E-state index contributed by atoms with van der Waals surface area (Å²) < 4.78 is 13.1. The summed E-state index contributed by atoms with van der Waals surface area (Å²) in [5.41, 5.74) is 6.08. The second-order valence-corrected chi connectivity index (χ2v) is 10.5. The molecule has 1 atom stereocenters. The first-order valence-corrected chi connectivity index (χ1v) is 13.6. The van der Waals surface area contributed by atoms with Gasteiger partial charge in [0.2, 0.25) is 5.91 Å². The lowest BCUT2D eigenvalue weighted by atomic mass is 9.90. The van der Waals surface area contributed by atoms with Crippen molar-refractivity contribution < 1.29 is 14.3 Å². The van der Waals surface area contributed by atoms with Crippen LogP contribution in [0.3, 0.4) is 0 Å². The van der Waals surface area contributed by atoms with Crippen LogP contribution < -0.4 is 9.64 Å². The number of piperidine rings is 1. The van der Waals surface area contributed by atoms with Gasteiger partial charge in [-0.15, -0.1) is 0 Å². The van der Waals surface area contributed by atoms with Gasteiger partial charge in [-0.1, -0.05) is 32.0 Å². The van der Waals surface area contributed by atoms with Gasteiger partial charge in [0.05, 0.1) is 44.1 Å². The van der Waals surface area contributed by atoms with Crippen LogP contribution in [0.5, 0.6) is 5.75 Å². The van der Waals surface area contributed by atoms with Crippen molar-refractivity contribution >= 4 is 17.7 Å². The molecule has 0 N–H and O–H groups in total. The van der Waals surface area contributed by atoms with Crippen LogP contribution in [0.4, 0.5) is 5.69 Å². The van der Waals surface area contributed by atoms with Gasteiger partial charge in [0.25, 0.3) is 0 Å². The molecule has 2 saturated heterocycles. The number of likely N-dealkylation sites (tertiary alicyclic amines) is 1. The molecular weight excluding hydrogens is 476 g/mol. The number of carbonyl (C=O) groups is 1. The lowest BCUT2D eigenvalue weighted by Crippen LogP contribution is -2.41. The number of rotatable bonds is 7. The Balaban J connectivity index is 1.38. The summed E-state index contributed by atoms with van der Waals surface area (Å²) in [6.07, 6.45) is 7.52. The summed E-state index contributed by atoms with van der Waals surface area (Å²) >= 11 is 0. The minimum Gasteiger partial charge on any atom is -0.495 e. The average Bonchev–Trinajstić information content (AvgIpc) is 3.37. The summed E-state index contributed by atoms with van der Waals surface area (Å²) in [5, 5.41) is 0. The van der Waals surface area contributed by atoms with E-state index in [1.54, 1.807) is 13.4 Å². The first-order valence-electron chi connectivity index (χ1n) is 13.6. The number of hydrogen-bond donors (Lipinski definition) is 0. The Morgan fingerprint density at radius 3 is 2.47 bits per heavy atom. The van der Waals surface area contributed by atoms with Gasteiger partial charge in [-0.2, -0.15) is 0 Å². The van der Waals surface area contributed by atoms with Gasteiger partial charge in [0, 0.05) is 37.1 Å². The molecule has 3 aromatic rings. The molecule has 200 valence electrons. The normalized spacial score (nSPS) is 18.3. The van der Waals surface area contributed by atoms with Crippen molar-refractivity contribution in [3.8, 4) is 11.4 Å². The zero-order valence-corrected chi connectivity index (χ0v) is 22.9. The highest BCUT2D eigenvalue weighted by molar-refractivity contribution is 5.99. The minimum atomic E-state index is 0.0336.